The van der Waals surface area contributed by atoms with Gasteiger partial charge in [0.25, 0.3) is 5.92 Å². The highest BCUT2D eigenvalue weighted by molar-refractivity contribution is 5.52. The molecule has 0 aliphatic carbocycles. The van der Waals surface area contributed by atoms with Crippen molar-refractivity contribution in [1.82, 2.24) is 0 Å². The number of anilines is 2. The van der Waals surface area contributed by atoms with Gasteiger partial charge in [-0.15, -0.1) is 0 Å². The van der Waals surface area contributed by atoms with Gasteiger partial charge in [0.15, 0.2) is 0 Å². The number of rotatable bonds is 4. The van der Waals surface area contributed by atoms with E-state index in [1.165, 1.54) is 12.1 Å². The maximum absolute atomic E-state index is 13.1. The molecule has 0 heterocycles. The van der Waals surface area contributed by atoms with E-state index in [2.05, 4.69) is 5.32 Å². The molecule has 0 atom stereocenters. The molecule has 0 amide bonds. The van der Waals surface area contributed by atoms with Gasteiger partial charge in [0.2, 0.25) is 0 Å². The Morgan fingerprint density at radius 3 is 2.60 bits per heavy atom. The van der Waals surface area contributed by atoms with E-state index in [1.54, 1.807) is 0 Å². The highest BCUT2D eigenvalue weighted by Gasteiger charge is 2.27. The Morgan fingerprint density at radius 1 is 1.40 bits per heavy atom. The zero-order chi connectivity index (χ0) is 11.5. The van der Waals surface area contributed by atoms with Gasteiger partial charge >= 0.3 is 0 Å². The summed E-state index contributed by atoms with van der Waals surface area (Å²) >= 11 is 0. The van der Waals surface area contributed by atoms with Gasteiger partial charge in [0, 0.05) is 5.69 Å². The number of hydrogen-bond acceptors (Lipinski definition) is 3. The fourth-order valence-electron chi connectivity index (χ4n) is 0.955. The Balaban J connectivity index is 2.66. The summed E-state index contributed by atoms with van der Waals surface area (Å²) in [6.45, 7) is -2.11. The van der Waals surface area contributed by atoms with Gasteiger partial charge in [0.05, 0.1) is 12.2 Å². The van der Waals surface area contributed by atoms with Crippen LogP contribution in [0.1, 0.15) is 0 Å². The zero-order valence-corrected chi connectivity index (χ0v) is 7.80. The van der Waals surface area contributed by atoms with Crippen LogP contribution in [0.3, 0.4) is 0 Å². The molecule has 0 aliphatic heterocycles. The third-order valence-corrected chi connectivity index (χ3v) is 1.76. The molecule has 84 valence electrons. The second-order valence-electron chi connectivity index (χ2n) is 3.11. The number of alkyl halides is 2. The minimum absolute atomic E-state index is 0.0719. The standard InChI is InChI=1S/C9H11F3N2O/c10-7-3-6(13)1-2-8(7)14-4-9(11,12)5-15/h1-3,14-15H,4-5,13H2. The molecule has 4 N–H and O–H groups in total. The molecule has 0 bridgehead atoms. The van der Waals surface area contributed by atoms with Gasteiger partial charge in [-0.1, -0.05) is 0 Å². The smallest absolute Gasteiger partial charge is 0.287 e. The predicted octanol–water partition coefficient (Wildman–Crippen LogP) is 1.45. The van der Waals surface area contributed by atoms with Gasteiger partial charge in [-0.2, -0.15) is 0 Å². The van der Waals surface area contributed by atoms with Crippen LogP contribution in [-0.4, -0.2) is 24.2 Å². The summed E-state index contributed by atoms with van der Waals surface area (Å²) < 4.78 is 38.3. The highest BCUT2D eigenvalue weighted by Crippen LogP contribution is 2.19. The Morgan fingerprint density at radius 2 is 2.07 bits per heavy atom. The van der Waals surface area contributed by atoms with Gasteiger partial charge in [-0.25, -0.2) is 13.2 Å². The Labute approximate surface area is 84.7 Å². The molecule has 0 spiro atoms. The maximum Gasteiger partial charge on any atom is 0.287 e. The van der Waals surface area contributed by atoms with Gasteiger partial charge in [-0.3, -0.25) is 0 Å². The topological polar surface area (TPSA) is 58.3 Å². The number of nitrogen functional groups attached to an aromatic ring is 1. The largest absolute Gasteiger partial charge is 0.399 e. The molecule has 1 aromatic carbocycles. The fraction of sp³-hybridized carbons (Fsp3) is 0.333. The number of nitrogens with one attached hydrogen (secondary N) is 1. The molecular weight excluding hydrogens is 209 g/mol. The van der Waals surface area contributed by atoms with Gasteiger partial charge in [0.1, 0.15) is 12.4 Å². The average molecular weight is 220 g/mol. The molecule has 0 saturated carbocycles. The van der Waals surface area contributed by atoms with E-state index in [9.17, 15) is 13.2 Å². The monoisotopic (exact) mass is 220 g/mol. The maximum atomic E-state index is 13.1. The summed E-state index contributed by atoms with van der Waals surface area (Å²) in [5.41, 5.74) is 5.42. The third-order valence-electron chi connectivity index (χ3n) is 1.76. The minimum atomic E-state index is -3.27. The number of aliphatic hydroxyl groups excluding tert-OH is 1. The van der Waals surface area contributed by atoms with E-state index >= 15 is 0 Å². The summed E-state index contributed by atoms with van der Waals surface area (Å²) in [7, 11) is 0. The summed E-state index contributed by atoms with van der Waals surface area (Å²) in [5, 5.41) is 10.5. The predicted molar refractivity (Wildman–Crippen MR) is 51.3 cm³/mol. The van der Waals surface area contributed by atoms with E-state index in [0.717, 1.165) is 6.07 Å². The van der Waals surface area contributed by atoms with E-state index in [0.29, 0.717) is 0 Å². The van der Waals surface area contributed by atoms with Crippen molar-refractivity contribution in [3.05, 3.63) is 24.0 Å². The Hall–Kier alpha value is -1.43. The van der Waals surface area contributed by atoms with Crippen LogP contribution in [-0.2, 0) is 0 Å². The lowest BCUT2D eigenvalue weighted by Gasteiger charge is -2.15. The Bertz CT molecular complexity index is 344. The molecule has 15 heavy (non-hydrogen) atoms. The first-order valence-corrected chi connectivity index (χ1v) is 4.22. The molecule has 1 aromatic rings. The minimum Gasteiger partial charge on any atom is -0.399 e. The normalized spacial score (nSPS) is 11.5. The molecule has 3 nitrogen and oxygen atoms in total. The molecular formula is C9H11F3N2O. The van der Waals surface area contributed by atoms with Crippen molar-refractivity contribution in [2.75, 3.05) is 24.2 Å². The average Bonchev–Trinajstić information content (AvgIpc) is 2.16. The number of aliphatic hydroxyl groups is 1. The van der Waals surface area contributed by atoms with Crippen LogP contribution in [0.4, 0.5) is 24.5 Å². The van der Waals surface area contributed by atoms with Crippen LogP contribution in [0.25, 0.3) is 0 Å². The number of benzene rings is 1. The van der Waals surface area contributed by atoms with Crippen LogP contribution in [0.2, 0.25) is 0 Å². The van der Waals surface area contributed by atoms with Crippen molar-refractivity contribution in [1.29, 1.82) is 0 Å². The first kappa shape index (κ1) is 11.6. The lowest BCUT2D eigenvalue weighted by atomic mass is 10.2. The van der Waals surface area contributed by atoms with Gasteiger partial charge < -0.3 is 16.2 Å². The van der Waals surface area contributed by atoms with Crippen LogP contribution >= 0.6 is 0 Å². The molecule has 0 unspecified atom stereocenters. The summed E-state index contributed by atoms with van der Waals surface area (Å²) in [5.74, 6) is -3.97. The number of nitrogens with two attached hydrogens (primary N) is 1. The fourth-order valence-corrected chi connectivity index (χ4v) is 0.955. The summed E-state index contributed by atoms with van der Waals surface area (Å²) in [6, 6.07) is 3.68. The molecule has 0 saturated heterocycles. The van der Waals surface area contributed by atoms with Crippen LogP contribution in [0.15, 0.2) is 18.2 Å². The van der Waals surface area contributed by atoms with Crippen molar-refractivity contribution in [3.8, 4) is 0 Å². The second-order valence-corrected chi connectivity index (χ2v) is 3.11. The lowest BCUT2D eigenvalue weighted by molar-refractivity contribution is -0.0373. The first-order valence-electron chi connectivity index (χ1n) is 4.22. The molecule has 0 aliphatic rings. The second kappa shape index (κ2) is 4.39. The lowest BCUT2D eigenvalue weighted by Crippen LogP contribution is -2.31. The Kier molecular flexibility index (Phi) is 3.41. The number of hydrogen-bond donors (Lipinski definition) is 3. The molecule has 6 heteroatoms. The van der Waals surface area contributed by atoms with Crippen molar-refractivity contribution in [2.45, 2.75) is 5.92 Å². The van der Waals surface area contributed by atoms with Crippen LogP contribution in [0.5, 0.6) is 0 Å². The van der Waals surface area contributed by atoms with Crippen molar-refractivity contribution < 1.29 is 18.3 Å². The molecule has 1 rings (SSSR count). The zero-order valence-electron chi connectivity index (χ0n) is 7.80. The van der Waals surface area contributed by atoms with E-state index in [1.807, 2.05) is 0 Å². The quantitative estimate of drug-likeness (QED) is 0.673. The summed E-state index contributed by atoms with van der Waals surface area (Å²) in [4.78, 5) is 0. The molecule has 0 fully saturated rings. The highest BCUT2D eigenvalue weighted by atomic mass is 19.3. The van der Waals surface area contributed by atoms with E-state index < -0.39 is 24.9 Å². The molecule has 0 radical (unpaired) electrons. The number of halogens is 3. The SMILES string of the molecule is Nc1ccc(NCC(F)(F)CO)c(F)c1. The van der Waals surface area contributed by atoms with E-state index in [4.69, 9.17) is 10.8 Å². The van der Waals surface area contributed by atoms with Gasteiger partial charge in [-0.05, 0) is 18.2 Å². The van der Waals surface area contributed by atoms with Crippen LogP contribution < -0.4 is 11.1 Å². The first-order chi connectivity index (χ1) is 6.94. The van der Waals surface area contributed by atoms with Crippen molar-refractivity contribution in [3.63, 3.8) is 0 Å². The third kappa shape index (κ3) is 3.32. The van der Waals surface area contributed by atoms with E-state index in [-0.39, 0.29) is 11.4 Å². The van der Waals surface area contributed by atoms with Crippen LogP contribution in [0, 0.1) is 5.82 Å². The van der Waals surface area contributed by atoms with Crippen molar-refractivity contribution in [2.24, 2.45) is 0 Å². The summed E-state index contributed by atoms with van der Waals surface area (Å²) in [6.07, 6.45) is 0. The molecule has 0 aromatic heterocycles. The van der Waals surface area contributed by atoms with Crippen molar-refractivity contribution >= 4 is 11.4 Å².